The van der Waals surface area contributed by atoms with Crippen LogP contribution in [0.4, 0.5) is 11.4 Å². The maximum atomic E-state index is 6.26. The molecule has 0 fully saturated rings. The second-order valence-electron chi connectivity index (χ2n) is 9.51. The number of anilines is 2. The van der Waals surface area contributed by atoms with E-state index in [0.717, 1.165) is 44.4 Å². The van der Waals surface area contributed by atoms with E-state index in [1.807, 2.05) is 12.1 Å². The van der Waals surface area contributed by atoms with Gasteiger partial charge in [0.15, 0.2) is 0 Å². The highest BCUT2D eigenvalue weighted by Gasteiger charge is 2.12. The Kier molecular flexibility index (Phi) is 5.49. The van der Waals surface area contributed by atoms with Gasteiger partial charge in [0.2, 0.25) is 0 Å². The second kappa shape index (κ2) is 9.42. The highest BCUT2D eigenvalue weighted by Crippen LogP contribution is 2.37. The molecule has 38 heavy (non-hydrogen) atoms. The first-order valence-corrected chi connectivity index (χ1v) is 12.9. The summed E-state index contributed by atoms with van der Waals surface area (Å²) in [7, 11) is 0. The van der Waals surface area contributed by atoms with Crippen LogP contribution in [0.25, 0.3) is 55.3 Å². The first kappa shape index (κ1) is 22.1. The Morgan fingerprint density at radius 2 is 1.00 bits per heavy atom. The van der Waals surface area contributed by atoms with Crippen LogP contribution in [0.2, 0.25) is 0 Å². The maximum absolute atomic E-state index is 6.26. The highest BCUT2D eigenvalue weighted by molar-refractivity contribution is 6.09. The molecule has 0 spiro atoms. The molecule has 0 aliphatic carbocycles. The molecule has 1 heterocycles. The average Bonchev–Trinajstić information content (AvgIpc) is 3.37. The van der Waals surface area contributed by atoms with Crippen molar-refractivity contribution in [3.8, 4) is 33.4 Å². The van der Waals surface area contributed by atoms with Gasteiger partial charge in [-0.1, -0.05) is 109 Å². The number of hydrogen-bond donors (Lipinski definition) is 1. The van der Waals surface area contributed by atoms with Crippen molar-refractivity contribution >= 4 is 33.3 Å². The van der Waals surface area contributed by atoms with Crippen LogP contribution in [0.5, 0.6) is 0 Å². The molecule has 0 amide bonds. The van der Waals surface area contributed by atoms with E-state index in [1.165, 1.54) is 22.3 Å². The molecule has 1 N–H and O–H groups in total. The molecule has 6 aromatic carbocycles. The van der Waals surface area contributed by atoms with Crippen molar-refractivity contribution in [3.63, 3.8) is 0 Å². The predicted octanol–water partition coefficient (Wildman–Crippen LogP) is 10.3. The van der Waals surface area contributed by atoms with Gasteiger partial charge >= 0.3 is 0 Å². The minimum atomic E-state index is 0.917. The van der Waals surface area contributed by atoms with E-state index in [4.69, 9.17) is 4.42 Å². The van der Waals surface area contributed by atoms with Gasteiger partial charge in [-0.15, -0.1) is 0 Å². The molecule has 0 unspecified atom stereocenters. The predicted molar refractivity (Wildman–Crippen MR) is 160 cm³/mol. The maximum Gasteiger partial charge on any atom is 0.143 e. The van der Waals surface area contributed by atoms with Crippen LogP contribution in [-0.2, 0) is 0 Å². The zero-order valence-electron chi connectivity index (χ0n) is 20.8. The van der Waals surface area contributed by atoms with E-state index >= 15 is 0 Å². The van der Waals surface area contributed by atoms with Gasteiger partial charge < -0.3 is 9.73 Å². The van der Waals surface area contributed by atoms with Gasteiger partial charge in [0.1, 0.15) is 11.2 Å². The number of furan rings is 1. The van der Waals surface area contributed by atoms with E-state index in [0.29, 0.717) is 0 Å². The lowest BCUT2D eigenvalue weighted by atomic mass is 9.98. The molecule has 0 saturated heterocycles. The molecule has 7 aromatic rings. The Hall–Kier alpha value is -5.08. The summed E-state index contributed by atoms with van der Waals surface area (Å²) in [5.74, 6) is 0. The second-order valence-corrected chi connectivity index (χ2v) is 9.51. The fourth-order valence-electron chi connectivity index (χ4n) is 5.17. The summed E-state index contributed by atoms with van der Waals surface area (Å²) in [6, 6.07) is 50.9. The lowest BCUT2D eigenvalue weighted by Crippen LogP contribution is -1.92. The number of para-hydroxylation sites is 2. The van der Waals surface area contributed by atoms with E-state index < -0.39 is 0 Å². The van der Waals surface area contributed by atoms with E-state index in [9.17, 15) is 0 Å². The Labute approximate surface area is 221 Å². The summed E-state index contributed by atoms with van der Waals surface area (Å²) in [5.41, 5.74) is 10.9. The fraction of sp³-hybridized carbons (Fsp3) is 0. The van der Waals surface area contributed by atoms with Gasteiger partial charge in [0.25, 0.3) is 0 Å². The van der Waals surface area contributed by atoms with Gasteiger partial charge in [0, 0.05) is 27.7 Å². The number of benzene rings is 6. The highest BCUT2D eigenvalue weighted by atomic mass is 16.3. The van der Waals surface area contributed by atoms with Crippen LogP contribution < -0.4 is 5.32 Å². The average molecular weight is 488 g/mol. The number of fused-ring (bicyclic) bond motifs is 3. The molecular weight excluding hydrogens is 462 g/mol. The quantitative estimate of drug-likeness (QED) is 0.261. The smallest absolute Gasteiger partial charge is 0.143 e. The fourth-order valence-corrected chi connectivity index (χ4v) is 5.17. The molecule has 1 aromatic heterocycles. The summed E-state index contributed by atoms with van der Waals surface area (Å²) in [5, 5.41) is 5.93. The summed E-state index contributed by atoms with van der Waals surface area (Å²) in [6.45, 7) is 0. The molecule has 0 bridgehead atoms. The van der Waals surface area contributed by atoms with Gasteiger partial charge in [-0.05, 0) is 64.2 Å². The molecule has 0 atom stereocenters. The Morgan fingerprint density at radius 3 is 1.68 bits per heavy atom. The van der Waals surface area contributed by atoms with Crippen molar-refractivity contribution in [1.29, 1.82) is 0 Å². The van der Waals surface area contributed by atoms with Crippen molar-refractivity contribution in [3.05, 3.63) is 146 Å². The largest absolute Gasteiger partial charge is 0.455 e. The first-order chi connectivity index (χ1) is 18.8. The van der Waals surface area contributed by atoms with Crippen LogP contribution >= 0.6 is 0 Å². The van der Waals surface area contributed by atoms with Crippen LogP contribution in [0.1, 0.15) is 0 Å². The standard InChI is InChI=1S/C36H25NO/c1-3-10-25(11-4-1)28-22-29(26-12-5-2-6-13-26)24-31(23-28)37-30-20-18-27(19-21-30)32-15-9-16-34-33-14-7-8-17-35(33)38-36(32)34/h1-24,37H. The summed E-state index contributed by atoms with van der Waals surface area (Å²) in [4.78, 5) is 0. The monoisotopic (exact) mass is 487 g/mol. The zero-order chi connectivity index (χ0) is 25.3. The SMILES string of the molecule is c1ccc(-c2cc(Nc3ccc(-c4cccc5c4oc4ccccc45)cc3)cc(-c3ccccc3)c2)cc1. The molecule has 180 valence electrons. The first-order valence-electron chi connectivity index (χ1n) is 12.9. The minimum Gasteiger partial charge on any atom is -0.455 e. The lowest BCUT2D eigenvalue weighted by molar-refractivity contribution is 0.670. The molecule has 0 aliphatic rings. The van der Waals surface area contributed by atoms with E-state index in [-0.39, 0.29) is 0 Å². The molecule has 2 heteroatoms. The van der Waals surface area contributed by atoms with Gasteiger partial charge in [-0.25, -0.2) is 0 Å². The van der Waals surface area contributed by atoms with Gasteiger partial charge in [-0.3, -0.25) is 0 Å². The third-order valence-electron chi connectivity index (χ3n) is 7.04. The Morgan fingerprint density at radius 1 is 0.395 bits per heavy atom. The molecule has 0 saturated carbocycles. The van der Waals surface area contributed by atoms with Gasteiger partial charge in [0.05, 0.1) is 0 Å². The normalized spacial score (nSPS) is 11.2. The third kappa shape index (κ3) is 4.12. The van der Waals surface area contributed by atoms with Crippen LogP contribution in [0, 0.1) is 0 Å². The number of nitrogens with one attached hydrogen (secondary N) is 1. The van der Waals surface area contributed by atoms with Crippen LogP contribution in [0.3, 0.4) is 0 Å². The molecular formula is C36H25NO. The van der Waals surface area contributed by atoms with Crippen LogP contribution in [-0.4, -0.2) is 0 Å². The Bertz CT molecular complexity index is 1810. The summed E-state index contributed by atoms with van der Waals surface area (Å²) < 4.78 is 6.26. The molecule has 0 aliphatic heterocycles. The topological polar surface area (TPSA) is 25.2 Å². The van der Waals surface area contributed by atoms with Crippen molar-refractivity contribution in [1.82, 2.24) is 0 Å². The summed E-state index contributed by atoms with van der Waals surface area (Å²) >= 11 is 0. The molecule has 7 rings (SSSR count). The zero-order valence-corrected chi connectivity index (χ0v) is 20.8. The molecule has 2 nitrogen and oxygen atoms in total. The van der Waals surface area contributed by atoms with Crippen LogP contribution in [0.15, 0.2) is 150 Å². The van der Waals surface area contributed by atoms with Crippen molar-refractivity contribution < 1.29 is 4.42 Å². The van der Waals surface area contributed by atoms with Gasteiger partial charge in [-0.2, -0.15) is 0 Å². The van der Waals surface area contributed by atoms with Crippen molar-refractivity contribution in [2.75, 3.05) is 5.32 Å². The number of rotatable bonds is 5. The lowest BCUT2D eigenvalue weighted by Gasteiger charge is -2.13. The van der Waals surface area contributed by atoms with Crippen molar-refractivity contribution in [2.45, 2.75) is 0 Å². The number of hydrogen-bond acceptors (Lipinski definition) is 2. The van der Waals surface area contributed by atoms with E-state index in [2.05, 4.69) is 139 Å². The Balaban J connectivity index is 1.24. The minimum absolute atomic E-state index is 0.917. The third-order valence-corrected chi connectivity index (χ3v) is 7.04. The summed E-state index contributed by atoms with van der Waals surface area (Å²) in [6.07, 6.45) is 0. The molecule has 0 radical (unpaired) electrons. The van der Waals surface area contributed by atoms with Crippen molar-refractivity contribution in [2.24, 2.45) is 0 Å². The van der Waals surface area contributed by atoms with E-state index in [1.54, 1.807) is 0 Å².